The zero-order valence-electron chi connectivity index (χ0n) is 15.7. The van der Waals surface area contributed by atoms with Crippen LogP contribution in [0.4, 0.5) is 0 Å². The quantitative estimate of drug-likeness (QED) is 0.397. The molecule has 0 unspecified atom stereocenters. The lowest BCUT2D eigenvalue weighted by Gasteiger charge is -2.15. The molecule has 3 aromatic rings. The number of rotatable bonds is 9. The predicted molar refractivity (Wildman–Crippen MR) is 118 cm³/mol. The molecule has 27 heavy (non-hydrogen) atoms. The fourth-order valence-electron chi connectivity index (χ4n) is 3.12. The highest BCUT2D eigenvalue weighted by Crippen LogP contribution is 2.29. The fraction of sp³-hybridized carbons (Fsp3) is 0.304. The molecule has 0 amide bonds. The van der Waals surface area contributed by atoms with Gasteiger partial charge in [0, 0.05) is 22.7 Å². The van der Waals surface area contributed by atoms with E-state index >= 15 is 0 Å². The lowest BCUT2D eigenvalue weighted by Crippen LogP contribution is -2.15. The Morgan fingerprint density at radius 1 is 0.926 bits per heavy atom. The summed E-state index contributed by atoms with van der Waals surface area (Å²) in [5.74, 6) is 0.923. The highest BCUT2D eigenvalue weighted by molar-refractivity contribution is 6.31. The van der Waals surface area contributed by atoms with Gasteiger partial charge in [0.05, 0.1) is 0 Å². The van der Waals surface area contributed by atoms with Crippen molar-refractivity contribution in [3.05, 3.63) is 76.8 Å². The van der Waals surface area contributed by atoms with E-state index in [-0.39, 0.29) is 12.4 Å². The number of halogens is 2. The molecule has 1 N–H and O–H groups in total. The third-order valence-corrected chi connectivity index (χ3v) is 4.97. The summed E-state index contributed by atoms with van der Waals surface area (Å²) >= 11 is 6.27. The van der Waals surface area contributed by atoms with Crippen LogP contribution < -0.4 is 10.1 Å². The molecule has 144 valence electrons. The molecule has 4 heteroatoms. The Labute approximate surface area is 173 Å². The van der Waals surface area contributed by atoms with Gasteiger partial charge in [-0.25, -0.2) is 0 Å². The molecule has 0 bridgehead atoms. The van der Waals surface area contributed by atoms with Gasteiger partial charge >= 0.3 is 0 Å². The van der Waals surface area contributed by atoms with Crippen molar-refractivity contribution in [2.45, 2.75) is 39.3 Å². The Bertz CT molecular complexity index is 851. The van der Waals surface area contributed by atoms with E-state index in [1.54, 1.807) is 0 Å². The number of hydrogen-bond donors (Lipinski definition) is 1. The molecule has 0 aliphatic rings. The van der Waals surface area contributed by atoms with Crippen LogP contribution in [0.5, 0.6) is 5.75 Å². The van der Waals surface area contributed by atoms with E-state index in [2.05, 4.69) is 48.6 Å². The standard InChI is InChI=1S/C23H26ClNO.ClH/c1-2-3-8-15-25-16-21-20-11-6-4-9-18(20)13-14-23(21)26-17-19-10-5-7-12-22(19)24;/h4-7,9-14,25H,2-3,8,15-17H2,1H3;1H. The van der Waals surface area contributed by atoms with Crippen LogP contribution in [0.1, 0.15) is 37.3 Å². The normalized spacial score (nSPS) is 10.6. The average Bonchev–Trinajstić information content (AvgIpc) is 2.68. The second kappa shape index (κ2) is 11.2. The van der Waals surface area contributed by atoms with Gasteiger partial charge in [-0.1, -0.05) is 79.9 Å². The van der Waals surface area contributed by atoms with Crippen molar-refractivity contribution in [1.29, 1.82) is 0 Å². The summed E-state index contributed by atoms with van der Waals surface area (Å²) < 4.78 is 6.17. The van der Waals surface area contributed by atoms with Crippen LogP contribution in [-0.4, -0.2) is 6.54 Å². The molecule has 0 saturated heterocycles. The first-order valence-corrected chi connectivity index (χ1v) is 9.75. The number of unbranched alkanes of at least 4 members (excludes halogenated alkanes) is 2. The molecule has 0 aromatic heterocycles. The first kappa shape index (κ1) is 21.6. The topological polar surface area (TPSA) is 21.3 Å². The summed E-state index contributed by atoms with van der Waals surface area (Å²) in [6.07, 6.45) is 3.71. The Morgan fingerprint density at radius 2 is 1.70 bits per heavy atom. The monoisotopic (exact) mass is 403 g/mol. The van der Waals surface area contributed by atoms with E-state index in [1.165, 1.54) is 35.6 Å². The van der Waals surface area contributed by atoms with Crippen molar-refractivity contribution < 1.29 is 4.74 Å². The Hall–Kier alpha value is -1.74. The minimum absolute atomic E-state index is 0. The maximum Gasteiger partial charge on any atom is 0.124 e. The molecule has 3 aromatic carbocycles. The van der Waals surface area contributed by atoms with Crippen molar-refractivity contribution in [2.24, 2.45) is 0 Å². The fourth-order valence-corrected chi connectivity index (χ4v) is 3.31. The molecule has 0 aliphatic heterocycles. The second-order valence-corrected chi connectivity index (χ2v) is 6.93. The van der Waals surface area contributed by atoms with Gasteiger partial charge in [-0.15, -0.1) is 12.4 Å². The van der Waals surface area contributed by atoms with Crippen LogP contribution in [-0.2, 0) is 13.2 Å². The van der Waals surface area contributed by atoms with Crippen LogP contribution in [0.15, 0.2) is 60.7 Å². The molecule has 3 rings (SSSR count). The average molecular weight is 404 g/mol. The predicted octanol–water partition coefficient (Wildman–Crippen LogP) is 6.77. The summed E-state index contributed by atoms with van der Waals surface area (Å²) in [6, 6.07) is 20.5. The van der Waals surface area contributed by atoms with Gasteiger partial charge in [0.1, 0.15) is 12.4 Å². The maximum atomic E-state index is 6.27. The molecule has 2 nitrogen and oxygen atoms in total. The van der Waals surface area contributed by atoms with Crippen LogP contribution in [0.2, 0.25) is 5.02 Å². The number of fused-ring (bicyclic) bond motifs is 1. The van der Waals surface area contributed by atoms with Crippen LogP contribution >= 0.6 is 24.0 Å². The van der Waals surface area contributed by atoms with E-state index in [1.807, 2.05) is 24.3 Å². The molecule has 0 fully saturated rings. The third-order valence-electron chi connectivity index (χ3n) is 4.60. The van der Waals surface area contributed by atoms with Crippen molar-refractivity contribution in [2.75, 3.05) is 6.54 Å². The van der Waals surface area contributed by atoms with Gasteiger partial charge in [0.25, 0.3) is 0 Å². The molecule has 0 aliphatic carbocycles. The van der Waals surface area contributed by atoms with Gasteiger partial charge in [-0.05, 0) is 35.9 Å². The summed E-state index contributed by atoms with van der Waals surface area (Å²) in [7, 11) is 0. The van der Waals surface area contributed by atoms with Crippen molar-refractivity contribution in [1.82, 2.24) is 5.32 Å². The number of benzene rings is 3. The van der Waals surface area contributed by atoms with E-state index in [0.717, 1.165) is 29.4 Å². The smallest absolute Gasteiger partial charge is 0.124 e. The Morgan fingerprint density at radius 3 is 2.52 bits per heavy atom. The summed E-state index contributed by atoms with van der Waals surface area (Å²) in [5, 5.41) is 6.80. The van der Waals surface area contributed by atoms with Crippen LogP contribution in [0.25, 0.3) is 10.8 Å². The van der Waals surface area contributed by atoms with Gasteiger partial charge in [0.15, 0.2) is 0 Å². The Balaban J connectivity index is 0.00000261. The SMILES string of the molecule is CCCCCNCc1c(OCc2ccccc2Cl)ccc2ccccc12.Cl. The molecule has 0 atom stereocenters. The van der Waals surface area contributed by atoms with Crippen molar-refractivity contribution in [3.8, 4) is 5.75 Å². The van der Waals surface area contributed by atoms with Crippen molar-refractivity contribution in [3.63, 3.8) is 0 Å². The van der Waals surface area contributed by atoms with E-state index in [9.17, 15) is 0 Å². The van der Waals surface area contributed by atoms with Crippen LogP contribution in [0.3, 0.4) is 0 Å². The maximum absolute atomic E-state index is 6.27. The molecule has 0 heterocycles. The zero-order chi connectivity index (χ0) is 18.2. The lowest BCUT2D eigenvalue weighted by molar-refractivity contribution is 0.303. The van der Waals surface area contributed by atoms with E-state index < -0.39 is 0 Å². The third kappa shape index (κ3) is 5.87. The first-order valence-electron chi connectivity index (χ1n) is 9.37. The zero-order valence-corrected chi connectivity index (χ0v) is 17.3. The summed E-state index contributed by atoms with van der Waals surface area (Å²) in [5.41, 5.74) is 2.22. The highest BCUT2D eigenvalue weighted by Gasteiger charge is 2.10. The van der Waals surface area contributed by atoms with Gasteiger partial charge in [-0.2, -0.15) is 0 Å². The minimum atomic E-state index is 0. The van der Waals surface area contributed by atoms with Crippen LogP contribution in [0, 0.1) is 0 Å². The molecular formula is C23H27Cl2NO. The highest BCUT2D eigenvalue weighted by atomic mass is 35.5. The summed E-state index contributed by atoms with van der Waals surface area (Å²) in [4.78, 5) is 0. The number of ether oxygens (including phenoxy) is 1. The number of hydrogen-bond acceptors (Lipinski definition) is 2. The largest absolute Gasteiger partial charge is 0.488 e. The van der Waals surface area contributed by atoms with Gasteiger partial charge in [-0.3, -0.25) is 0 Å². The molecule has 0 spiro atoms. The first-order chi connectivity index (χ1) is 12.8. The Kier molecular flexibility index (Phi) is 8.93. The number of nitrogens with one attached hydrogen (secondary N) is 1. The molecular weight excluding hydrogens is 377 g/mol. The minimum Gasteiger partial charge on any atom is -0.488 e. The summed E-state index contributed by atoms with van der Waals surface area (Å²) in [6.45, 7) is 4.54. The van der Waals surface area contributed by atoms with Gasteiger partial charge < -0.3 is 10.1 Å². The molecule has 0 radical (unpaired) electrons. The second-order valence-electron chi connectivity index (χ2n) is 6.53. The van der Waals surface area contributed by atoms with Gasteiger partial charge in [0.2, 0.25) is 0 Å². The van der Waals surface area contributed by atoms with E-state index in [0.29, 0.717) is 6.61 Å². The lowest BCUT2D eigenvalue weighted by atomic mass is 10.0. The molecule has 0 saturated carbocycles. The van der Waals surface area contributed by atoms with E-state index in [4.69, 9.17) is 16.3 Å². The van der Waals surface area contributed by atoms with Crippen molar-refractivity contribution >= 4 is 34.8 Å².